The maximum absolute atomic E-state index is 5.87. The van der Waals surface area contributed by atoms with Gasteiger partial charge in [0, 0.05) is 10.2 Å². The molecule has 1 aromatic heterocycles. The van der Waals surface area contributed by atoms with Crippen LogP contribution in [0.15, 0.2) is 22.7 Å². The van der Waals surface area contributed by atoms with Crippen LogP contribution in [0.1, 0.15) is 19.4 Å². The molecule has 0 amide bonds. The van der Waals surface area contributed by atoms with Gasteiger partial charge < -0.3 is 10.1 Å². The molecule has 0 atom stereocenters. The molecule has 7 heteroatoms. The Hall–Kier alpha value is -1.40. The van der Waals surface area contributed by atoms with Gasteiger partial charge in [-0.3, -0.25) is 0 Å². The van der Waals surface area contributed by atoms with E-state index in [9.17, 15) is 0 Å². The first-order valence-electron chi connectivity index (χ1n) is 6.05. The highest BCUT2D eigenvalue weighted by atomic mass is 79.9. The van der Waals surface area contributed by atoms with Crippen LogP contribution in [0.3, 0.4) is 0 Å². The molecule has 1 N–H and O–H groups in total. The number of aromatic nitrogens is 3. The third-order valence-electron chi connectivity index (χ3n) is 2.34. The Morgan fingerprint density at radius 3 is 2.65 bits per heavy atom. The first kappa shape index (κ1) is 15.0. The Morgan fingerprint density at radius 2 is 2.00 bits per heavy atom. The van der Waals surface area contributed by atoms with Crippen LogP contribution in [-0.4, -0.2) is 21.1 Å². The molecule has 0 unspecified atom stereocenters. The topological polar surface area (TPSA) is 59.9 Å². The van der Waals surface area contributed by atoms with Crippen LogP contribution >= 0.6 is 27.5 Å². The maximum atomic E-state index is 5.87. The van der Waals surface area contributed by atoms with Crippen LogP contribution in [0, 0.1) is 6.92 Å². The highest BCUT2D eigenvalue weighted by molar-refractivity contribution is 9.10. The summed E-state index contributed by atoms with van der Waals surface area (Å²) in [5, 5.41) is 3.17. The molecule has 1 aromatic carbocycles. The van der Waals surface area contributed by atoms with Crippen molar-refractivity contribution in [2.45, 2.75) is 26.9 Å². The highest BCUT2D eigenvalue weighted by Crippen LogP contribution is 2.22. The van der Waals surface area contributed by atoms with Gasteiger partial charge >= 0.3 is 6.01 Å². The molecule has 0 saturated heterocycles. The summed E-state index contributed by atoms with van der Waals surface area (Å²) in [6.45, 7) is 5.79. The van der Waals surface area contributed by atoms with Gasteiger partial charge in [0.15, 0.2) is 0 Å². The van der Waals surface area contributed by atoms with Gasteiger partial charge in [0.25, 0.3) is 0 Å². The van der Waals surface area contributed by atoms with Gasteiger partial charge in [-0.05, 0) is 56.1 Å². The van der Waals surface area contributed by atoms with Gasteiger partial charge in [-0.1, -0.05) is 15.9 Å². The van der Waals surface area contributed by atoms with Crippen LogP contribution in [0.5, 0.6) is 6.01 Å². The predicted molar refractivity (Wildman–Crippen MR) is 82.8 cm³/mol. The SMILES string of the molecule is Cc1cc(Nc2nc(Cl)nc(OC(C)C)n2)ccc1Br. The average molecular weight is 358 g/mol. The second kappa shape index (κ2) is 6.37. The summed E-state index contributed by atoms with van der Waals surface area (Å²) < 4.78 is 6.46. The van der Waals surface area contributed by atoms with Crippen LogP contribution in [0.25, 0.3) is 0 Å². The van der Waals surface area contributed by atoms with E-state index in [0.29, 0.717) is 5.95 Å². The second-order valence-corrected chi connectivity index (χ2v) is 5.66. The molecule has 0 aliphatic heterocycles. The molecule has 0 bridgehead atoms. The van der Waals surface area contributed by atoms with Gasteiger partial charge in [0.1, 0.15) is 0 Å². The van der Waals surface area contributed by atoms with Gasteiger partial charge in [-0.2, -0.15) is 15.0 Å². The molecule has 2 rings (SSSR count). The highest BCUT2D eigenvalue weighted by Gasteiger charge is 2.08. The van der Waals surface area contributed by atoms with E-state index in [1.165, 1.54) is 0 Å². The Bertz CT molecular complexity index is 621. The fourth-order valence-electron chi connectivity index (χ4n) is 1.50. The second-order valence-electron chi connectivity index (χ2n) is 4.47. The molecular formula is C13H14BrClN4O. The lowest BCUT2D eigenvalue weighted by Gasteiger charge is -2.10. The Kier molecular flexibility index (Phi) is 4.77. The Labute approximate surface area is 130 Å². The number of hydrogen-bond donors (Lipinski definition) is 1. The third kappa shape index (κ3) is 4.05. The maximum Gasteiger partial charge on any atom is 0.322 e. The fourth-order valence-corrected chi connectivity index (χ4v) is 1.90. The summed E-state index contributed by atoms with van der Waals surface area (Å²) >= 11 is 9.32. The van der Waals surface area contributed by atoms with E-state index >= 15 is 0 Å². The first-order chi connectivity index (χ1) is 9.44. The molecule has 0 saturated carbocycles. The summed E-state index contributed by atoms with van der Waals surface area (Å²) in [5.74, 6) is 0.349. The van der Waals surface area contributed by atoms with Gasteiger partial charge in [-0.15, -0.1) is 0 Å². The summed E-state index contributed by atoms with van der Waals surface area (Å²) in [6.07, 6.45) is -0.0313. The zero-order chi connectivity index (χ0) is 14.7. The number of ether oxygens (including phenoxy) is 1. The van der Waals surface area contributed by atoms with E-state index in [2.05, 4.69) is 36.2 Å². The zero-order valence-corrected chi connectivity index (χ0v) is 13.7. The van der Waals surface area contributed by atoms with Crippen molar-refractivity contribution in [2.24, 2.45) is 0 Å². The smallest absolute Gasteiger partial charge is 0.322 e. The van der Waals surface area contributed by atoms with Crippen molar-refractivity contribution < 1.29 is 4.74 Å². The number of nitrogens with zero attached hydrogens (tertiary/aromatic N) is 3. The normalized spacial score (nSPS) is 10.7. The number of nitrogens with one attached hydrogen (secondary N) is 1. The minimum Gasteiger partial charge on any atom is -0.461 e. The van der Waals surface area contributed by atoms with Crippen LogP contribution in [0.2, 0.25) is 5.28 Å². The van der Waals surface area contributed by atoms with E-state index < -0.39 is 0 Å². The standard InChI is InChI=1S/C13H14BrClN4O/c1-7(2)20-13-18-11(15)17-12(19-13)16-9-4-5-10(14)8(3)6-9/h4-7H,1-3H3,(H,16,17,18,19). The molecule has 2 aromatic rings. The molecular weight excluding hydrogens is 344 g/mol. The van der Waals surface area contributed by atoms with E-state index in [1.807, 2.05) is 39.0 Å². The molecule has 106 valence electrons. The van der Waals surface area contributed by atoms with E-state index in [4.69, 9.17) is 16.3 Å². The number of aryl methyl sites for hydroxylation is 1. The molecule has 0 radical (unpaired) electrons. The lowest BCUT2D eigenvalue weighted by atomic mass is 10.2. The molecule has 0 fully saturated rings. The Morgan fingerprint density at radius 1 is 1.25 bits per heavy atom. The summed E-state index contributed by atoms with van der Waals surface area (Å²) in [6, 6.07) is 6.05. The van der Waals surface area contributed by atoms with Crippen molar-refractivity contribution in [3.63, 3.8) is 0 Å². The molecule has 0 aliphatic rings. The van der Waals surface area contributed by atoms with Gasteiger partial charge in [-0.25, -0.2) is 0 Å². The Balaban J connectivity index is 2.24. The van der Waals surface area contributed by atoms with Gasteiger partial charge in [0.05, 0.1) is 6.10 Å². The summed E-state index contributed by atoms with van der Waals surface area (Å²) in [7, 11) is 0. The minimum absolute atomic E-state index is 0.0313. The summed E-state index contributed by atoms with van der Waals surface area (Å²) in [5.41, 5.74) is 1.97. The van der Waals surface area contributed by atoms with E-state index in [-0.39, 0.29) is 17.4 Å². The quantitative estimate of drug-likeness (QED) is 0.891. The largest absolute Gasteiger partial charge is 0.461 e. The number of hydrogen-bond acceptors (Lipinski definition) is 5. The number of anilines is 2. The molecule has 0 aliphatic carbocycles. The lowest BCUT2D eigenvalue weighted by molar-refractivity contribution is 0.222. The lowest BCUT2D eigenvalue weighted by Crippen LogP contribution is -2.10. The first-order valence-corrected chi connectivity index (χ1v) is 7.22. The minimum atomic E-state index is -0.0313. The fraction of sp³-hybridized carbons (Fsp3) is 0.308. The van der Waals surface area contributed by atoms with E-state index in [0.717, 1.165) is 15.7 Å². The third-order valence-corrected chi connectivity index (χ3v) is 3.40. The molecule has 1 heterocycles. The van der Waals surface area contributed by atoms with E-state index in [1.54, 1.807) is 0 Å². The van der Waals surface area contributed by atoms with Crippen LogP contribution in [-0.2, 0) is 0 Å². The molecule has 5 nitrogen and oxygen atoms in total. The van der Waals surface area contributed by atoms with Crippen molar-refractivity contribution in [1.29, 1.82) is 0 Å². The number of rotatable bonds is 4. The zero-order valence-electron chi connectivity index (χ0n) is 11.3. The molecule has 20 heavy (non-hydrogen) atoms. The van der Waals surface area contributed by atoms with Crippen LogP contribution in [0.4, 0.5) is 11.6 Å². The number of benzene rings is 1. The van der Waals surface area contributed by atoms with Crippen molar-refractivity contribution >= 4 is 39.2 Å². The number of halogens is 2. The predicted octanol–water partition coefficient (Wildman–Crippen LogP) is 4.13. The monoisotopic (exact) mass is 356 g/mol. The molecule has 0 spiro atoms. The van der Waals surface area contributed by atoms with Crippen molar-refractivity contribution in [2.75, 3.05) is 5.32 Å². The van der Waals surface area contributed by atoms with Crippen molar-refractivity contribution in [3.8, 4) is 6.01 Å². The van der Waals surface area contributed by atoms with Crippen molar-refractivity contribution in [3.05, 3.63) is 33.5 Å². The average Bonchev–Trinajstić information content (AvgIpc) is 2.32. The van der Waals surface area contributed by atoms with Crippen molar-refractivity contribution in [1.82, 2.24) is 15.0 Å². The van der Waals surface area contributed by atoms with Gasteiger partial charge in [0.2, 0.25) is 11.2 Å². The van der Waals surface area contributed by atoms with Crippen LogP contribution < -0.4 is 10.1 Å². The summed E-state index contributed by atoms with van der Waals surface area (Å²) in [4.78, 5) is 12.1.